The molecule has 0 fully saturated rings. The van der Waals surface area contributed by atoms with Crippen molar-refractivity contribution < 1.29 is 18.3 Å². The highest BCUT2D eigenvalue weighted by Gasteiger charge is 2.13. The minimum absolute atomic E-state index is 0.133. The average Bonchev–Trinajstić information content (AvgIpc) is 2.84. The second-order valence-corrected chi connectivity index (χ2v) is 4.95. The quantitative estimate of drug-likeness (QED) is 0.767. The summed E-state index contributed by atoms with van der Waals surface area (Å²) in [5.74, 6) is 0.301. The molecule has 0 N–H and O–H groups in total. The number of benzene rings is 1. The van der Waals surface area contributed by atoms with E-state index in [1.54, 1.807) is 12.3 Å². The zero-order valence-corrected chi connectivity index (χ0v) is 12.4. The molecule has 4 nitrogen and oxygen atoms in total. The lowest BCUT2D eigenvalue weighted by Gasteiger charge is -2.15. The summed E-state index contributed by atoms with van der Waals surface area (Å²) in [7, 11) is 3.23. The van der Waals surface area contributed by atoms with E-state index in [2.05, 4.69) is 0 Å². The van der Waals surface area contributed by atoms with E-state index in [0.29, 0.717) is 12.1 Å². The molecule has 0 unspecified atom stereocenters. The molecular formula is C16H18FNO3. The van der Waals surface area contributed by atoms with Gasteiger partial charge in [-0.2, -0.15) is 0 Å². The van der Waals surface area contributed by atoms with Gasteiger partial charge in [0.1, 0.15) is 5.76 Å². The number of nitrogens with zero attached hydrogens (tertiary/aromatic N) is 1. The number of methoxy groups -OCH3 is 1. The molecule has 0 bridgehead atoms. The molecule has 1 heterocycles. The molecule has 0 saturated carbocycles. The molecule has 0 aliphatic heterocycles. The summed E-state index contributed by atoms with van der Waals surface area (Å²) < 4.78 is 23.7. The summed E-state index contributed by atoms with van der Waals surface area (Å²) in [5, 5.41) is 0. The fourth-order valence-corrected chi connectivity index (χ4v) is 2.10. The Labute approximate surface area is 123 Å². The summed E-state index contributed by atoms with van der Waals surface area (Å²) in [6, 6.07) is 6.12. The van der Waals surface area contributed by atoms with Crippen LogP contribution in [0.15, 0.2) is 34.9 Å². The zero-order valence-electron chi connectivity index (χ0n) is 12.4. The van der Waals surface area contributed by atoms with E-state index in [1.165, 1.54) is 19.2 Å². The van der Waals surface area contributed by atoms with Crippen molar-refractivity contribution in [3.05, 3.63) is 53.2 Å². The summed E-state index contributed by atoms with van der Waals surface area (Å²) in [6.45, 7) is 2.69. The van der Waals surface area contributed by atoms with Gasteiger partial charge in [0.05, 0.1) is 19.9 Å². The average molecular weight is 291 g/mol. The molecule has 2 aromatic rings. The lowest BCUT2D eigenvalue weighted by atomic mass is 10.1. The van der Waals surface area contributed by atoms with Gasteiger partial charge in [-0.25, -0.2) is 4.39 Å². The molecule has 5 heteroatoms. The maximum Gasteiger partial charge on any atom is 0.176 e. The van der Waals surface area contributed by atoms with Crippen molar-refractivity contribution in [3.63, 3.8) is 0 Å². The first-order valence-corrected chi connectivity index (χ1v) is 6.59. The third-order valence-corrected chi connectivity index (χ3v) is 3.29. The number of hydrogen-bond donors (Lipinski definition) is 0. The number of aryl methyl sites for hydroxylation is 1. The van der Waals surface area contributed by atoms with Crippen molar-refractivity contribution in [2.24, 2.45) is 0 Å². The first-order chi connectivity index (χ1) is 10.0. The number of rotatable bonds is 6. The molecule has 0 aliphatic rings. The van der Waals surface area contributed by atoms with Gasteiger partial charge in [0, 0.05) is 17.7 Å². The second-order valence-electron chi connectivity index (χ2n) is 4.95. The van der Waals surface area contributed by atoms with Gasteiger partial charge in [-0.05, 0) is 38.2 Å². The van der Waals surface area contributed by atoms with Gasteiger partial charge in [0.2, 0.25) is 0 Å². The van der Waals surface area contributed by atoms with Crippen molar-refractivity contribution >= 4 is 5.78 Å². The number of ketones is 1. The largest absolute Gasteiger partial charge is 0.494 e. The third kappa shape index (κ3) is 3.70. The fraction of sp³-hybridized carbons (Fsp3) is 0.312. The van der Waals surface area contributed by atoms with Gasteiger partial charge in [-0.15, -0.1) is 0 Å². The van der Waals surface area contributed by atoms with Gasteiger partial charge in [-0.1, -0.05) is 0 Å². The van der Waals surface area contributed by atoms with E-state index in [4.69, 9.17) is 9.15 Å². The lowest BCUT2D eigenvalue weighted by molar-refractivity contribution is 0.0942. The monoisotopic (exact) mass is 291 g/mol. The Hall–Kier alpha value is -2.14. The number of Topliss-reactive ketones (excluding diaryl/α,β-unsaturated/α-hetero) is 1. The van der Waals surface area contributed by atoms with Gasteiger partial charge in [0.15, 0.2) is 17.3 Å². The van der Waals surface area contributed by atoms with Crippen LogP contribution in [0.4, 0.5) is 4.39 Å². The third-order valence-electron chi connectivity index (χ3n) is 3.29. The van der Waals surface area contributed by atoms with E-state index in [1.807, 2.05) is 24.9 Å². The van der Waals surface area contributed by atoms with Gasteiger partial charge < -0.3 is 9.15 Å². The summed E-state index contributed by atoms with van der Waals surface area (Å²) in [5.41, 5.74) is 1.37. The highest BCUT2D eigenvalue weighted by atomic mass is 19.1. The highest BCUT2D eigenvalue weighted by molar-refractivity contribution is 5.97. The number of hydrogen-bond acceptors (Lipinski definition) is 4. The van der Waals surface area contributed by atoms with Crippen LogP contribution in [-0.2, 0) is 6.54 Å². The Kier molecular flexibility index (Phi) is 4.75. The standard InChI is InChI=1S/C16H18FNO3/c1-11-13(6-7-21-11)9-18(2)10-15(19)12-4-5-16(20-3)14(17)8-12/h4-8H,9-10H2,1-3H3. The number of furan rings is 1. The highest BCUT2D eigenvalue weighted by Crippen LogP contribution is 2.18. The van der Waals surface area contributed by atoms with Gasteiger partial charge in [-0.3, -0.25) is 9.69 Å². The van der Waals surface area contributed by atoms with E-state index in [0.717, 1.165) is 11.3 Å². The molecular weight excluding hydrogens is 273 g/mol. The van der Waals surface area contributed by atoms with Crippen LogP contribution in [0.1, 0.15) is 21.7 Å². The maximum atomic E-state index is 13.6. The summed E-state index contributed by atoms with van der Waals surface area (Å²) in [6.07, 6.45) is 1.62. The first kappa shape index (κ1) is 15.3. The Morgan fingerprint density at radius 3 is 2.71 bits per heavy atom. The first-order valence-electron chi connectivity index (χ1n) is 6.59. The molecule has 0 amide bonds. The van der Waals surface area contributed by atoms with Crippen LogP contribution in [-0.4, -0.2) is 31.4 Å². The molecule has 0 atom stereocenters. The smallest absolute Gasteiger partial charge is 0.176 e. The number of carbonyl (C=O) groups excluding carboxylic acids is 1. The van der Waals surface area contributed by atoms with Crippen LogP contribution in [0.3, 0.4) is 0 Å². The van der Waals surface area contributed by atoms with Crippen molar-refractivity contribution in [1.29, 1.82) is 0 Å². The Morgan fingerprint density at radius 1 is 1.38 bits per heavy atom. The topological polar surface area (TPSA) is 42.7 Å². The SMILES string of the molecule is COc1ccc(C(=O)CN(C)Cc2ccoc2C)cc1F. The maximum absolute atomic E-state index is 13.6. The minimum atomic E-state index is -0.531. The zero-order chi connectivity index (χ0) is 15.4. The van der Waals surface area contributed by atoms with Crippen LogP contribution in [0, 0.1) is 12.7 Å². The molecule has 2 rings (SSSR count). The van der Waals surface area contributed by atoms with Crippen LogP contribution >= 0.6 is 0 Å². The van der Waals surface area contributed by atoms with Gasteiger partial charge >= 0.3 is 0 Å². The number of halogens is 1. The van der Waals surface area contributed by atoms with Crippen molar-refractivity contribution in [1.82, 2.24) is 4.90 Å². The van der Waals surface area contributed by atoms with Crippen LogP contribution in [0.5, 0.6) is 5.75 Å². The predicted octanol–water partition coefficient (Wildman–Crippen LogP) is 3.05. The summed E-state index contributed by atoms with van der Waals surface area (Å²) >= 11 is 0. The number of carbonyl (C=O) groups is 1. The molecule has 0 saturated heterocycles. The summed E-state index contributed by atoms with van der Waals surface area (Å²) in [4.78, 5) is 14.0. The Bertz CT molecular complexity index is 636. The molecule has 1 aromatic carbocycles. The molecule has 1 aromatic heterocycles. The Balaban J connectivity index is 2.00. The van der Waals surface area contributed by atoms with E-state index in [9.17, 15) is 9.18 Å². The Morgan fingerprint density at radius 2 is 2.14 bits per heavy atom. The van der Waals surface area contributed by atoms with Crippen LogP contribution in [0.25, 0.3) is 0 Å². The van der Waals surface area contributed by atoms with E-state index < -0.39 is 5.82 Å². The normalized spacial score (nSPS) is 10.9. The van der Waals surface area contributed by atoms with Crippen molar-refractivity contribution in [3.8, 4) is 5.75 Å². The van der Waals surface area contributed by atoms with Crippen LogP contribution < -0.4 is 4.74 Å². The molecule has 0 aliphatic carbocycles. The lowest BCUT2D eigenvalue weighted by Crippen LogP contribution is -2.25. The number of ether oxygens (including phenoxy) is 1. The fourth-order valence-electron chi connectivity index (χ4n) is 2.10. The van der Waals surface area contributed by atoms with Crippen molar-refractivity contribution in [2.75, 3.05) is 20.7 Å². The molecule has 0 radical (unpaired) electrons. The molecule has 0 spiro atoms. The van der Waals surface area contributed by atoms with E-state index in [-0.39, 0.29) is 18.1 Å². The van der Waals surface area contributed by atoms with E-state index >= 15 is 0 Å². The molecule has 112 valence electrons. The van der Waals surface area contributed by atoms with Crippen molar-refractivity contribution in [2.45, 2.75) is 13.5 Å². The van der Waals surface area contributed by atoms with Crippen LogP contribution in [0.2, 0.25) is 0 Å². The van der Waals surface area contributed by atoms with Gasteiger partial charge in [0.25, 0.3) is 0 Å². The second kappa shape index (κ2) is 6.54. The number of likely N-dealkylation sites (N-methyl/N-ethyl adjacent to an activating group) is 1. The molecule has 21 heavy (non-hydrogen) atoms. The minimum Gasteiger partial charge on any atom is -0.494 e. The predicted molar refractivity (Wildman–Crippen MR) is 77.1 cm³/mol.